The van der Waals surface area contributed by atoms with Gasteiger partial charge in [0.15, 0.2) is 5.13 Å². The quantitative estimate of drug-likeness (QED) is 0.479. The number of anilines is 1. The summed E-state index contributed by atoms with van der Waals surface area (Å²) in [7, 11) is 0. The highest BCUT2D eigenvalue weighted by Crippen LogP contribution is 2.30. The number of amides is 1. The third kappa shape index (κ3) is 3.94. The van der Waals surface area contributed by atoms with Crippen LogP contribution in [0.1, 0.15) is 22.4 Å². The van der Waals surface area contributed by atoms with Crippen molar-refractivity contribution in [1.29, 1.82) is 0 Å². The van der Waals surface area contributed by atoms with E-state index in [2.05, 4.69) is 31.0 Å². The summed E-state index contributed by atoms with van der Waals surface area (Å²) in [6, 6.07) is 19.9. The standard InChI is InChI=1S/C23H21N3OS/c1-16-10-11-18(13-17(16)2)14-22(27)26(15-19-7-5-6-12-24-19)23-25-20-8-3-4-9-21(20)28-23/h3-13H,14-15H2,1-2H3. The minimum absolute atomic E-state index is 0.0213. The number of aryl methyl sites for hydroxylation is 2. The average molecular weight is 388 g/mol. The lowest BCUT2D eigenvalue weighted by Gasteiger charge is -2.20. The Bertz CT molecular complexity index is 1090. The molecule has 0 N–H and O–H groups in total. The number of fused-ring (bicyclic) bond motifs is 1. The van der Waals surface area contributed by atoms with Crippen LogP contribution in [0.15, 0.2) is 66.9 Å². The van der Waals surface area contributed by atoms with Gasteiger partial charge in [0.2, 0.25) is 5.91 Å². The van der Waals surface area contributed by atoms with Crippen LogP contribution in [-0.4, -0.2) is 15.9 Å². The molecule has 0 aliphatic heterocycles. The van der Waals surface area contributed by atoms with Crippen LogP contribution in [0.2, 0.25) is 0 Å². The van der Waals surface area contributed by atoms with Gasteiger partial charge in [0.1, 0.15) is 0 Å². The lowest BCUT2D eigenvalue weighted by Crippen LogP contribution is -2.32. The Balaban J connectivity index is 1.67. The minimum Gasteiger partial charge on any atom is -0.282 e. The van der Waals surface area contributed by atoms with Gasteiger partial charge in [-0.3, -0.25) is 14.7 Å². The van der Waals surface area contributed by atoms with Gasteiger partial charge in [-0.15, -0.1) is 0 Å². The van der Waals surface area contributed by atoms with E-state index in [0.717, 1.165) is 21.5 Å². The molecule has 140 valence electrons. The molecule has 4 aromatic rings. The number of carbonyl (C=O) groups excluding carboxylic acids is 1. The van der Waals surface area contributed by atoms with Crippen molar-refractivity contribution in [2.75, 3.05) is 4.90 Å². The van der Waals surface area contributed by atoms with Crippen molar-refractivity contribution in [2.24, 2.45) is 0 Å². The molecule has 0 spiro atoms. The molecular formula is C23H21N3OS. The zero-order valence-corrected chi connectivity index (χ0v) is 16.7. The third-order valence-corrected chi connectivity index (χ3v) is 5.85. The van der Waals surface area contributed by atoms with Crippen molar-refractivity contribution < 1.29 is 4.79 Å². The molecule has 2 aromatic heterocycles. The van der Waals surface area contributed by atoms with Crippen LogP contribution < -0.4 is 4.90 Å². The number of pyridine rings is 1. The van der Waals surface area contributed by atoms with E-state index < -0.39 is 0 Å². The van der Waals surface area contributed by atoms with Gasteiger partial charge in [-0.1, -0.05) is 47.7 Å². The molecule has 0 bridgehead atoms. The Labute approximate surface area is 168 Å². The predicted octanol–water partition coefficient (Wildman–Crippen LogP) is 5.08. The fourth-order valence-electron chi connectivity index (χ4n) is 3.08. The summed E-state index contributed by atoms with van der Waals surface area (Å²) >= 11 is 1.54. The zero-order chi connectivity index (χ0) is 19.5. The SMILES string of the molecule is Cc1ccc(CC(=O)N(Cc2ccccn2)c2nc3ccccc3s2)cc1C. The Morgan fingerprint density at radius 3 is 2.57 bits per heavy atom. The normalized spacial score (nSPS) is 10.9. The summed E-state index contributed by atoms with van der Waals surface area (Å²) in [5.41, 5.74) is 5.19. The van der Waals surface area contributed by atoms with Crippen LogP contribution in [0, 0.1) is 13.8 Å². The van der Waals surface area contributed by atoms with Crippen LogP contribution in [0.4, 0.5) is 5.13 Å². The first-order valence-corrected chi connectivity index (χ1v) is 10.0. The lowest BCUT2D eigenvalue weighted by atomic mass is 10.0. The molecule has 2 aromatic carbocycles. The van der Waals surface area contributed by atoms with Crippen LogP contribution in [0.3, 0.4) is 0 Å². The van der Waals surface area contributed by atoms with Gasteiger partial charge in [-0.05, 0) is 54.8 Å². The summed E-state index contributed by atoms with van der Waals surface area (Å²) in [6.45, 7) is 4.56. The van der Waals surface area contributed by atoms with Gasteiger partial charge in [0, 0.05) is 6.20 Å². The summed E-state index contributed by atoms with van der Waals surface area (Å²) < 4.78 is 1.07. The highest BCUT2D eigenvalue weighted by molar-refractivity contribution is 7.22. The third-order valence-electron chi connectivity index (χ3n) is 4.79. The van der Waals surface area contributed by atoms with Gasteiger partial charge < -0.3 is 0 Å². The molecule has 0 aliphatic carbocycles. The molecule has 2 heterocycles. The first-order valence-electron chi connectivity index (χ1n) is 9.22. The second-order valence-corrected chi connectivity index (χ2v) is 7.87. The van der Waals surface area contributed by atoms with Gasteiger partial charge in [-0.2, -0.15) is 0 Å². The lowest BCUT2D eigenvalue weighted by molar-refractivity contribution is -0.118. The first kappa shape index (κ1) is 18.3. The minimum atomic E-state index is 0.0213. The Morgan fingerprint density at radius 2 is 1.82 bits per heavy atom. The number of para-hydroxylation sites is 1. The number of carbonyl (C=O) groups is 1. The number of hydrogen-bond donors (Lipinski definition) is 0. The van der Waals surface area contributed by atoms with Crippen molar-refractivity contribution in [3.8, 4) is 0 Å². The number of benzene rings is 2. The molecule has 0 saturated heterocycles. The summed E-state index contributed by atoms with van der Waals surface area (Å²) in [4.78, 5) is 24.1. The maximum Gasteiger partial charge on any atom is 0.233 e. The maximum atomic E-state index is 13.3. The predicted molar refractivity (Wildman–Crippen MR) is 115 cm³/mol. The molecule has 4 rings (SSSR count). The van der Waals surface area contributed by atoms with E-state index in [1.165, 1.54) is 22.5 Å². The summed E-state index contributed by atoms with van der Waals surface area (Å²) in [5.74, 6) is 0.0213. The Kier molecular flexibility index (Phi) is 5.17. The maximum absolute atomic E-state index is 13.3. The van der Waals surface area contributed by atoms with E-state index in [-0.39, 0.29) is 5.91 Å². The highest BCUT2D eigenvalue weighted by Gasteiger charge is 2.21. The number of rotatable bonds is 5. The molecular weight excluding hydrogens is 366 g/mol. The van der Waals surface area contributed by atoms with E-state index in [4.69, 9.17) is 4.98 Å². The fraction of sp³-hybridized carbons (Fsp3) is 0.174. The number of thiazole rings is 1. The fourth-order valence-corrected chi connectivity index (χ4v) is 4.06. The van der Waals surface area contributed by atoms with Crippen LogP contribution in [-0.2, 0) is 17.8 Å². The van der Waals surface area contributed by atoms with E-state index in [9.17, 15) is 4.79 Å². The second-order valence-electron chi connectivity index (χ2n) is 6.86. The topological polar surface area (TPSA) is 46.1 Å². The van der Waals surface area contributed by atoms with Crippen LogP contribution in [0.5, 0.6) is 0 Å². The molecule has 0 unspecified atom stereocenters. The molecule has 0 fully saturated rings. The zero-order valence-electron chi connectivity index (χ0n) is 15.9. The molecule has 0 radical (unpaired) electrons. The highest BCUT2D eigenvalue weighted by atomic mass is 32.1. The smallest absolute Gasteiger partial charge is 0.233 e. The molecule has 0 atom stereocenters. The van der Waals surface area contributed by atoms with Crippen LogP contribution >= 0.6 is 11.3 Å². The summed E-state index contributed by atoms with van der Waals surface area (Å²) in [6.07, 6.45) is 2.09. The molecule has 5 heteroatoms. The Hall–Kier alpha value is -3.05. The van der Waals surface area contributed by atoms with Gasteiger partial charge >= 0.3 is 0 Å². The van der Waals surface area contributed by atoms with E-state index >= 15 is 0 Å². The van der Waals surface area contributed by atoms with Crippen molar-refractivity contribution >= 4 is 32.6 Å². The number of hydrogen-bond acceptors (Lipinski definition) is 4. The van der Waals surface area contributed by atoms with Crippen molar-refractivity contribution in [2.45, 2.75) is 26.8 Å². The molecule has 1 amide bonds. The molecule has 4 nitrogen and oxygen atoms in total. The van der Waals surface area contributed by atoms with Crippen LogP contribution in [0.25, 0.3) is 10.2 Å². The molecule has 28 heavy (non-hydrogen) atoms. The number of aromatic nitrogens is 2. The average Bonchev–Trinajstić information content (AvgIpc) is 3.13. The van der Waals surface area contributed by atoms with Gasteiger partial charge in [-0.25, -0.2) is 4.98 Å². The van der Waals surface area contributed by atoms with Crippen molar-refractivity contribution in [3.05, 3.63) is 89.2 Å². The molecule has 0 saturated carbocycles. The van der Waals surface area contributed by atoms with Gasteiger partial charge in [0.25, 0.3) is 0 Å². The first-order chi connectivity index (χ1) is 13.6. The Morgan fingerprint density at radius 1 is 1.00 bits per heavy atom. The van der Waals surface area contributed by atoms with Crippen molar-refractivity contribution in [1.82, 2.24) is 9.97 Å². The van der Waals surface area contributed by atoms with Gasteiger partial charge in [0.05, 0.1) is 28.9 Å². The van der Waals surface area contributed by atoms with E-state index in [0.29, 0.717) is 18.1 Å². The monoisotopic (exact) mass is 387 g/mol. The largest absolute Gasteiger partial charge is 0.282 e. The molecule has 0 aliphatic rings. The van der Waals surface area contributed by atoms with E-state index in [1.807, 2.05) is 48.5 Å². The summed E-state index contributed by atoms with van der Waals surface area (Å²) in [5, 5.41) is 0.709. The van der Waals surface area contributed by atoms with Crippen molar-refractivity contribution in [3.63, 3.8) is 0 Å². The number of nitrogens with zero attached hydrogens (tertiary/aromatic N) is 3. The van der Waals surface area contributed by atoms with E-state index in [1.54, 1.807) is 11.1 Å². The second kappa shape index (κ2) is 7.90.